The van der Waals surface area contributed by atoms with Crippen LogP contribution in [0.1, 0.15) is 38.6 Å². The lowest BCUT2D eigenvalue weighted by Gasteiger charge is -2.24. The van der Waals surface area contributed by atoms with Crippen molar-refractivity contribution >= 4 is 17.7 Å². The molecule has 96 valence electrons. The second-order valence-electron chi connectivity index (χ2n) is 4.71. The van der Waals surface area contributed by atoms with Crippen molar-refractivity contribution in [3.8, 4) is 0 Å². The number of hydrogen-bond donors (Lipinski definition) is 1. The molecule has 0 radical (unpaired) electrons. The van der Waals surface area contributed by atoms with Gasteiger partial charge >= 0.3 is 0 Å². The van der Waals surface area contributed by atoms with Crippen molar-refractivity contribution in [3.05, 3.63) is 17.5 Å². The molecule has 0 aliphatic carbocycles. The predicted molar refractivity (Wildman–Crippen MR) is 69.9 cm³/mol. The maximum absolute atomic E-state index is 11.6. The van der Waals surface area contributed by atoms with E-state index in [1.807, 2.05) is 26.8 Å². The van der Waals surface area contributed by atoms with Gasteiger partial charge in [0.15, 0.2) is 0 Å². The first-order valence-electron chi connectivity index (χ1n) is 5.74. The highest BCUT2D eigenvalue weighted by Crippen LogP contribution is 2.13. The minimum Gasteiger partial charge on any atom is -0.361 e. The molecule has 1 rings (SSSR count). The number of rotatable bonds is 6. The molecule has 1 amide bonds. The molecule has 5 heteroatoms. The predicted octanol–water partition coefficient (Wildman–Crippen LogP) is 2.52. The molecular formula is C12H20N2O2S. The van der Waals surface area contributed by atoms with E-state index in [0.29, 0.717) is 11.5 Å². The average Bonchev–Trinajstić information content (AvgIpc) is 2.63. The van der Waals surface area contributed by atoms with E-state index in [1.165, 1.54) is 0 Å². The van der Waals surface area contributed by atoms with Crippen LogP contribution in [0.3, 0.4) is 0 Å². The van der Waals surface area contributed by atoms with Gasteiger partial charge in [-0.15, -0.1) is 11.8 Å². The van der Waals surface area contributed by atoms with Crippen molar-refractivity contribution in [1.82, 2.24) is 10.5 Å². The van der Waals surface area contributed by atoms with Crippen LogP contribution in [-0.4, -0.2) is 22.4 Å². The lowest BCUT2D eigenvalue weighted by Crippen LogP contribution is -2.43. The van der Waals surface area contributed by atoms with Gasteiger partial charge in [0.05, 0.1) is 11.4 Å². The third-order valence-electron chi connectivity index (χ3n) is 2.52. The molecule has 1 heterocycles. The van der Waals surface area contributed by atoms with E-state index in [4.69, 9.17) is 4.52 Å². The minimum absolute atomic E-state index is 0.0714. The number of aromatic nitrogens is 1. The summed E-state index contributed by atoms with van der Waals surface area (Å²) in [5.41, 5.74) is 0.761. The van der Waals surface area contributed by atoms with Crippen molar-refractivity contribution in [3.63, 3.8) is 0 Å². The maximum Gasteiger partial charge on any atom is 0.230 e. The van der Waals surface area contributed by atoms with E-state index < -0.39 is 0 Å². The summed E-state index contributed by atoms with van der Waals surface area (Å²) in [6.07, 6.45) is 0.923. The standard InChI is InChI=1S/C12H20N2O2S/c1-5-12(3,4)13-11(15)8-17-7-10-6-9(2)16-14-10/h6H,5,7-8H2,1-4H3,(H,13,15). The molecule has 1 N–H and O–H groups in total. The van der Waals surface area contributed by atoms with Crippen LogP contribution < -0.4 is 5.32 Å². The molecule has 1 aromatic rings. The minimum atomic E-state index is -0.123. The first-order chi connectivity index (χ1) is 7.93. The molecule has 17 heavy (non-hydrogen) atoms. The summed E-state index contributed by atoms with van der Waals surface area (Å²) in [5, 5.41) is 6.87. The zero-order chi connectivity index (χ0) is 12.9. The van der Waals surface area contributed by atoms with Crippen LogP contribution in [0.15, 0.2) is 10.6 Å². The Balaban J connectivity index is 2.25. The number of amides is 1. The molecular weight excluding hydrogens is 236 g/mol. The van der Waals surface area contributed by atoms with Gasteiger partial charge in [0.1, 0.15) is 5.76 Å². The Morgan fingerprint density at radius 1 is 1.59 bits per heavy atom. The highest BCUT2D eigenvalue weighted by atomic mass is 32.2. The fourth-order valence-corrected chi connectivity index (χ4v) is 1.94. The average molecular weight is 256 g/mol. The van der Waals surface area contributed by atoms with Crippen molar-refractivity contribution in [1.29, 1.82) is 0 Å². The van der Waals surface area contributed by atoms with Gasteiger partial charge in [-0.3, -0.25) is 4.79 Å². The molecule has 0 atom stereocenters. The second-order valence-corrected chi connectivity index (χ2v) is 5.69. The number of carbonyl (C=O) groups excluding carboxylic acids is 1. The summed E-state index contributed by atoms with van der Waals surface area (Å²) >= 11 is 1.54. The quantitative estimate of drug-likeness (QED) is 0.849. The largest absolute Gasteiger partial charge is 0.361 e. The van der Waals surface area contributed by atoms with Crippen LogP contribution >= 0.6 is 11.8 Å². The molecule has 4 nitrogen and oxygen atoms in total. The number of nitrogens with one attached hydrogen (secondary N) is 1. The second kappa shape index (κ2) is 6.10. The summed E-state index contributed by atoms with van der Waals surface area (Å²) in [5.74, 6) is 2.03. The van der Waals surface area contributed by atoms with Gasteiger partial charge in [0.2, 0.25) is 5.91 Å². The van der Waals surface area contributed by atoms with Gasteiger partial charge in [-0.1, -0.05) is 12.1 Å². The van der Waals surface area contributed by atoms with Gasteiger partial charge in [-0.2, -0.15) is 0 Å². The number of thioether (sulfide) groups is 1. The summed E-state index contributed by atoms with van der Waals surface area (Å²) < 4.78 is 4.96. The fraction of sp³-hybridized carbons (Fsp3) is 0.667. The lowest BCUT2D eigenvalue weighted by molar-refractivity contribution is -0.120. The highest BCUT2D eigenvalue weighted by Gasteiger charge is 2.17. The topological polar surface area (TPSA) is 55.1 Å². The number of hydrogen-bond acceptors (Lipinski definition) is 4. The normalized spacial score (nSPS) is 11.5. The zero-order valence-electron chi connectivity index (χ0n) is 10.9. The summed E-state index contributed by atoms with van der Waals surface area (Å²) in [7, 11) is 0. The Hall–Kier alpha value is -0.970. The molecule has 0 aliphatic heterocycles. The van der Waals surface area contributed by atoms with Gasteiger partial charge in [-0.25, -0.2) is 0 Å². The van der Waals surface area contributed by atoms with E-state index in [9.17, 15) is 4.79 Å². The zero-order valence-corrected chi connectivity index (χ0v) is 11.7. The Morgan fingerprint density at radius 2 is 2.29 bits per heavy atom. The molecule has 0 bridgehead atoms. The lowest BCUT2D eigenvalue weighted by atomic mass is 10.0. The van der Waals surface area contributed by atoms with Gasteiger partial charge < -0.3 is 9.84 Å². The van der Waals surface area contributed by atoms with Crippen LogP contribution in [0.5, 0.6) is 0 Å². The number of nitrogens with zero attached hydrogens (tertiary/aromatic N) is 1. The molecule has 0 unspecified atom stereocenters. The third-order valence-corrected chi connectivity index (χ3v) is 3.49. The van der Waals surface area contributed by atoms with E-state index in [0.717, 1.165) is 17.9 Å². The van der Waals surface area contributed by atoms with Crippen LogP contribution in [-0.2, 0) is 10.5 Å². The van der Waals surface area contributed by atoms with Gasteiger partial charge in [0.25, 0.3) is 0 Å². The van der Waals surface area contributed by atoms with Crippen molar-refractivity contribution in [2.24, 2.45) is 0 Å². The fourth-order valence-electron chi connectivity index (χ4n) is 1.24. The maximum atomic E-state index is 11.6. The summed E-state index contributed by atoms with van der Waals surface area (Å²) in [4.78, 5) is 11.6. The highest BCUT2D eigenvalue weighted by molar-refractivity contribution is 7.99. The molecule has 0 aromatic carbocycles. The summed E-state index contributed by atoms with van der Waals surface area (Å²) in [6.45, 7) is 7.97. The van der Waals surface area contributed by atoms with E-state index in [1.54, 1.807) is 11.8 Å². The van der Waals surface area contributed by atoms with Crippen LogP contribution in [0, 0.1) is 6.92 Å². The Morgan fingerprint density at radius 3 is 2.82 bits per heavy atom. The van der Waals surface area contributed by atoms with Crippen molar-refractivity contribution in [2.45, 2.75) is 45.4 Å². The van der Waals surface area contributed by atoms with Gasteiger partial charge in [-0.05, 0) is 27.2 Å². The van der Waals surface area contributed by atoms with Crippen LogP contribution in [0.4, 0.5) is 0 Å². The van der Waals surface area contributed by atoms with Crippen LogP contribution in [0.25, 0.3) is 0 Å². The molecule has 0 fully saturated rings. The van der Waals surface area contributed by atoms with E-state index in [2.05, 4.69) is 17.4 Å². The smallest absolute Gasteiger partial charge is 0.230 e. The molecule has 1 aromatic heterocycles. The van der Waals surface area contributed by atoms with E-state index in [-0.39, 0.29) is 11.4 Å². The number of aryl methyl sites for hydroxylation is 1. The number of carbonyl (C=O) groups is 1. The van der Waals surface area contributed by atoms with Crippen LogP contribution in [0.2, 0.25) is 0 Å². The SMILES string of the molecule is CCC(C)(C)NC(=O)CSCc1cc(C)on1. The van der Waals surface area contributed by atoms with E-state index >= 15 is 0 Å². The Labute approximate surface area is 107 Å². The monoisotopic (exact) mass is 256 g/mol. The molecule has 0 aliphatic rings. The Bertz CT molecular complexity index is 374. The van der Waals surface area contributed by atoms with Gasteiger partial charge in [0, 0.05) is 17.4 Å². The molecule has 0 saturated carbocycles. The Kier molecular flexibility index (Phi) is 5.05. The van der Waals surface area contributed by atoms with Crippen molar-refractivity contribution in [2.75, 3.05) is 5.75 Å². The molecule has 0 spiro atoms. The molecule has 0 saturated heterocycles. The third kappa shape index (κ3) is 5.26. The summed E-state index contributed by atoms with van der Waals surface area (Å²) in [6, 6.07) is 1.89. The first-order valence-corrected chi connectivity index (χ1v) is 6.89. The first kappa shape index (κ1) is 14.1. The van der Waals surface area contributed by atoms with Crippen molar-refractivity contribution < 1.29 is 9.32 Å².